The normalized spacial score (nSPS) is 11.2. The van der Waals surface area contributed by atoms with E-state index in [2.05, 4.69) is 9.98 Å². The molecule has 3 aromatic rings. The molecule has 0 aliphatic rings. The van der Waals surface area contributed by atoms with Crippen molar-refractivity contribution in [2.45, 2.75) is 0 Å². The van der Waals surface area contributed by atoms with Gasteiger partial charge in [0.25, 0.3) is 0 Å². The minimum absolute atomic E-state index is 0. The Labute approximate surface area is 154 Å². The molecule has 0 fully saturated rings. The van der Waals surface area contributed by atoms with E-state index in [-0.39, 0.29) is 23.6 Å². The molecular formula is C17H18BrN3O2S. The number of aromatic nitrogens is 2. The molecule has 0 aliphatic carbocycles. The Morgan fingerprint density at radius 2 is 1.83 bits per heavy atom. The van der Waals surface area contributed by atoms with Gasteiger partial charge in [-0.25, -0.2) is 3.96 Å². The lowest BCUT2D eigenvalue weighted by Crippen LogP contribution is -2.01. The van der Waals surface area contributed by atoms with Gasteiger partial charge in [-0.15, -0.1) is 17.0 Å². The Kier molecular flexibility index (Phi) is 6.72. The maximum Gasteiger partial charge on any atom is 0.223 e. The van der Waals surface area contributed by atoms with Crippen LogP contribution < -0.4 is 9.54 Å². The van der Waals surface area contributed by atoms with Crippen LogP contribution in [0, 0.1) is 0 Å². The number of hydrogen-bond donors (Lipinski definition) is 1. The van der Waals surface area contributed by atoms with Crippen molar-refractivity contribution < 1.29 is 9.84 Å². The molecule has 0 unspecified atom stereocenters. The smallest absolute Gasteiger partial charge is 0.223 e. The highest BCUT2D eigenvalue weighted by molar-refractivity contribution is 8.93. The van der Waals surface area contributed by atoms with Crippen molar-refractivity contribution >= 4 is 28.5 Å². The third kappa shape index (κ3) is 4.11. The van der Waals surface area contributed by atoms with Crippen LogP contribution in [-0.4, -0.2) is 34.3 Å². The molecule has 0 bridgehead atoms. The van der Waals surface area contributed by atoms with E-state index < -0.39 is 0 Å². The van der Waals surface area contributed by atoms with Crippen molar-refractivity contribution in [1.29, 1.82) is 0 Å². The summed E-state index contributed by atoms with van der Waals surface area (Å²) in [5, 5.41) is 8.96. The molecule has 2 aromatic carbocycles. The number of rotatable bonds is 5. The summed E-state index contributed by atoms with van der Waals surface area (Å²) in [4.78, 5) is 9.56. The van der Waals surface area contributed by atoms with Crippen molar-refractivity contribution in [2.75, 3.05) is 20.3 Å². The van der Waals surface area contributed by atoms with Gasteiger partial charge >= 0.3 is 0 Å². The van der Waals surface area contributed by atoms with Crippen LogP contribution in [0.25, 0.3) is 17.1 Å². The van der Waals surface area contributed by atoms with Gasteiger partial charge in [0, 0.05) is 5.56 Å². The van der Waals surface area contributed by atoms with Gasteiger partial charge < -0.3 is 9.84 Å². The van der Waals surface area contributed by atoms with Crippen molar-refractivity contribution in [3.05, 3.63) is 59.4 Å². The molecule has 5 nitrogen and oxygen atoms in total. The number of nitrogens with zero attached hydrogens (tertiary/aromatic N) is 3. The molecule has 1 heterocycles. The number of methoxy groups -OCH3 is 1. The zero-order chi connectivity index (χ0) is 16.1. The van der Waals surface area contributed by atoms with Crippen LogP contribution in [-0.2, 0) is 0 Å². The van der Waals surface area contributed by atoms with Crippen molar-refractivity contribution in [1.82, 2.24) is 8.94 Å². The van der Waals surface area contributed by atoms with Crippen LogP contribution in [0.3, 0.4) is 0 Å². The summed E-state index contributed by atoms with van der Waals surface area (Å²) in [6.45, 7) is 0.368. The highest BCUT2D eigenvalue weighted by Gasteiger charge is 2.10. The van der Waals surface area contributed by atoms with Crippen LogP contribution in [0.2, 0.25) is 0 Å². The molecule has 7 heteroatoms. The first-order valence-corrected chi connectivity index (χ1v) is 8.01. The van der Waals surface area contributed by atoms with E-state index in [4.69, 9.17) is 9.84 Å². The average Bonchev–Trinajstić information content (AvgIpc) is 3.05. The predicted molar refractivity (Wildman–Crippen MR) is 101 cm³/mol. The molecule has 0 spiro atoms. The Morgan fingerprint density at radius 1 is 1.12 bits per heavy atom. The highest BCUT2D eigenvalue weighted by atomic mass is 79.9. The van der Waals surface area contributed by atoms with Gasteiger partial charge in [0.15, 0.2) is 5.82 Å². The Morgan fingerprint density at radius 3 is 2.46 bits per heavy atom. The minimum Gasteiger partial charge on any atom is -0.497 e. The van der Waals surface area contributed by atoms with Gasteiger partial charge in [-0.3, -0.25) is 4.99 Å². The largest absolute Gasteiger partial charge is 0.497 e. The number of ether oxygens (including phenoxy) is 1. The molecular weight excluding hydrogens is 390 g/mol. The fraction of sp³-hybridized carbons (Fsp3) is 0.176. The summed E-state index contributed by atoms with van der Waals surface area (Å²) in [6.07, 6.45) is 0. The molecule has 0 amide bonds. The second-order valence-corrected chi connectivity index (χ2v) is 5.69. The van der Waals surface area contributed by atoms with Gasteiger partial charge in [-0.05, 0) is 35.8 Å². The van der Waals surface area contributed by atoms with Crippen molar-refractivity contribution in [3.8, 4) is 22.8 Å². The van der Waals surface area contributed by atoms with Crippen LogP contribution in [0.15, 0.2) is 59.6 Å². The number of aliphatic hydroxyl groups is 1. The van der Waals surface area contributed by atoms with E-state index in [1.807, 2.05) is 58.6 Å². The quantitative estimate of drug-likeness (QED) is 0.706. The third-order valence-electron chi connectivity index (χ3n) is 3.25. The lowest BCUT2D eigenvalue weighted by atomic mass is 10.2. The molecule has 0 aliphatic heterocycles. The first kappa shape index (κ1) is 18.4. The Hall–Kier alpha value is -1.96. The lowest BCUT2D eigenvalue weighted by Gasteiger charge is -2.07. The van der Waals surface area contributed by atoms with Crippen LogP contribution in [0.4, 0.5) is 0 Å². The topological polar surface area (TPSA) is 59.6 Å². The molecule has 3 rings (SSSR count). The monoisotopic (exact) mass is 407 g/mol. The molecule has 0 radical (unpaired) electrons. The zero-order valence-corrected chi connectivity index (χ0v) is 15.7. The van der Waals surface area contributed by atoms with Gasteiger partial charge in [0.1, 0.15) is 5.75 Å². The first-order chi connectivity index (χ1) is 11.3. The lowest BCUT2D eigenvalue weighted by molar-refractivity contribution is 0.305. The first-order valence-electron chi connectivity index (χ1n) is 7.23. The van der Waals surface area contributed by atoms with E-state index in [1.165, 1.54) is 11.5 Å². The Bertz CT molecular complexity index is 829. The SMILES string of the molecule is Br.COc1ccc(-n2sc(=NCCO)nc2-c2ccccc2)cc1. The van der Waals surface area contributed by atoms with E-state index in [0.29, 0.717) is 11.3 Å². The summed E-state index contributed by atoms with van der Waals surface area (Å²) >= 11 is 1.45. The average molecular weight is 408 g/mol. The Balaban J connectivity index is 0.00000208. The number of benzene rings is 2. The molecule has 0 saturated heterocycles. The van der Waals surface area contributed by atoms with Gasteiger partial charge in [-0.2, -0.15) is 4.98 Å². The van der Waals surface area contributed by atoms with E-state index in [0.717, 1.165) is 22.8 Å². The molecule has 0 saturated carbocycles. The molecule has 0 atom stereocenters. The number of halogens is 1. The minimum atomic E-state index is 0. The molecule has 126 valence electrons. The molecule has 1 aromatic heterocycles. The summed E-state index contributed by atoms with van der Waals surface area (Å²) in [5.41, 5.74) is 2.01. The third-order valence-corrected chi connectivity index (χ3v) is 4.20. The zero-order valence-electron chi connectivity index (χ0n) is 13.1. The van der Waals surface area contributed by atoms with Gasteiger partial charge in [0.2, 0.25) is 4.80 Å². The summed E-state index contributed by atoms with van der Waals surface area (Å²) < 4.78 is 7.24. The fourth-order valence-corrected chi connectivity index (χ4v) is 3.05. The van der Waals surface area contributed by atoms with E-state index in [1.54, 1.807) is 7.11 Å². The summed E-state index contributed by atoms with van der Waals surface area (Å²) in [6, 6.07) is 17.8. The van der Waals surface area contributed by atoms with Gasteiger partial charge in [0.05, 0.1) is 25.9 Å². The second kappa shape index (κ2) is 8.77. The summed E-state index contributed by atoms with van der Waals surface area (Å²) in [5.74, 6) is 1.64. The highest BCUT2D eigenvalue weighted by Crippen LogP contribution is 2.23. The second-order valence-electron chi connectivity index (χ2n) is 4.77. The molecule has 1 N–H and O–H groups in total. The number of aliphatic hydroxyl groups excluding tert-OH is 1. The fourth-order valence-electron chi connectivity index (χ4n) is 2.15. The van der Waals surface area contributed by atoms with Crippen LogP contribution in [0.1, 0.15) is 0 Å². The van der Waals surface area contributed by atoms with Crippen LogP contribution >= 0.6 is 28.5 Å². The maximum atomic E-state index is 8.96. The summed E-state index contributed by atoms with van der Waals surface area (Å²) in [7, 11) is 1.65. The van der Waals surface area contributed by atoms with Crippen LogP contribution in [0.5, 0.6) is 5.75 Å². The standard InChI is InChI=1S/C17H17N3O2S.BrH/c1-22-15-9-7-14(8-10-15)20-16(13-5-3-2-4-6-13)19-17(23-20)18-11-12-21;/h2-10,21H,11-12H2,1H3;1H. The van der Waals surface area contributed by atoms with E-state index >= 15 is 0 Å². The van der Waals surface area contributed by atoms with Crippen molar-refractivity contribution in [2.24, 2.45) is 4.99 Å². The molecule has 24 heavy (non-hydrogen) atoms. The van der Waals surface area contributed by atoms with E-state index in [9.17, 15) is 0 Å². The predicted octanol–water partition coefficient (Wildman–Crippen LogP) is 3.08. The number of hydrogen-bond acceptors (Lipinski definition) is 5. The van der Waals surface area contributed by atoms with Crippen molar-refractivity contribution in [3.63, 3.8) is 0 Å². The van der Waals surface area contributed by atoms with Gasteiger partial charge in [-0.1, -0.05) is 30.3 Å². The maximum absolute atomic E-state index is 8.96.